The van der Waals surface area contributed by atoms with Crippen LogP contribution in [0.4, 0.5) is 0 Å². The van der Waals surface area contributed by atoms with Gasteiger partial charge in [0, 0.05) is 12.5 Å². The Balaban J connectivity index is 2.00. The molecular weight excluding hydrogens is 332 g/mol. The van der Waals surface area contributed by atoms with Crippen LogP contribution in [0.5, 0.6) is 0 Å². The lowest BCUT2D eigenvalue weighted by Crippen LogP contribution is -2.69. The summed E-state index contributed by atoms with van der Waals surface area (Å²) in [4.78, 5) is 0. The number of ether oxygens (including phenoxy) is 2. The zero-order chi connectivity index (χ0) is 18.9. The summed E-state index contributed by atoms with van der Waals surface area (Å²) in [5.74, 6) is 0.625. The Kier molecular flexibility index (Phi) is 5.95. The van der Waals surface area contributed by atoms with E-state index in [0.717, 1.165) is 37.7 Å². The smallest absolute Gasteiger partial charge is 0.169 e. The van der Waals surface area contributed by atoms with Crippen molar-refractivity contribution in [3.05, 3.63) is 23.3 Å². The number of aliphatic hydroxyl groups is 3. The highest BCUT2D eigenvalue weighted by molar-refractivity contribution is 5.28. The minimum atomic E-state index is -0.474. The second-order valence-electron chi connectivity index (χ2n) is 8.42. The Hall–Kier alpha value is -0.720. The normalized spacial score (nSPS) is 43.0. The summed E-state index contributed by atoms with van der Waals surface area (Å²) in [6, 6.07) is 0. The van der Waals surface area contributed by atoms with Crippen LogP contribution in [0.25, 0.3) is 0 Å². The van der Waals surface area contributed by atoms with Gasteiger partial charge in [0.15, 0.2) is 6.29 Å². The van der Waals surface area contributed by atoms with E-state index in [9.17, 15) is 15.3 Å². The minimum Gasteiger partial charge on any atom is -0.392 e. The number of hydrogen-bond acceptors (Lipinski definition) is 5. The first-order valence-electron chi connectivity index (χ1n) is 9.86. The molecule has 2 bridgehead atoms. The first-order valence-corrected chi connectivity index (χ1v) is 9.86. The van der Waals surface area contributed by atoms with Crippen LogP contribution in [0.1, 0.15) is 46.0 Å². The van der Waals surface area contributed by atoms with Gasteiger partial charge < -0.3 is 24.8 Å². The molecule has 1 heterocycles. The van der Waals surface area contributed by atoms with Crippen LogP contribution in [0.3, 0.4) is 0 Å². The van der Waals surface area contributed by atoms with Crippen molar-refractivity contribution >= 4 is 0 Å². The van der Waals surface area contributed by atoms with Crippen molar-refractivity contribution in [1.82, 2.24) is 0 Å². The van der Waals surface area contributed by atoms with E-state index < -0.39 is 17.8 Å². The largest absolute Gasteiger partial charge is 0.392 e. The van der Waals surface area contributed by atoms with E-state index >= 15 is 0 Å². The first-order chi connectivity index (χ1) is 12.5. The molecule has 1 unspecified atom stereocenters. The topological polar surface area (TPSA) is 79.2 Å². The number of hydrogen-bond donors (Lipinski definition) is 3. The Morgan fingerprint density at radius 1 is 1.42 bits per heavy atom. The second-order valence-corrected chi connectivity index (χ2v) is 8.42. The lowest BCUT2D eigenvalue weighted by atomic mass is 9.43. The quantitative estimate of drug-likeness (QED) is 0.629. The molecule has 3 aliphatic rings. The van der Waals surface area contributed by atoms with Gasteiger partial charge in [-0.25, -0.2) is 0 Å². The minimum absolute atomic E-state index is 0.0239. The lowest BCUT2D eigenvalue weighted by Gasteiger charge is -2.66. The summed E-state index contributed by atoms with van der Waals surface area (Å²) in [6.45, 7) is 4.89. The fourth-order valence-electron chi connectivity index (χ4n) is 6.17. The Labute approximate surface area is 156 Å². The van der Waals surface area contributed by atoms with Gasteiger partial charge >= 0.3 is 0 Å². The summed E-state index contributed by atoms with van der Waals surface area (Å²) in [7, 11) is 1.67. The maximum Gasteiger partial charge on any atom is 0.169 e. The fourth-order valence-corrected chi connectivity index (χ4v) is 6.17. The average Bonchev–Trinajstić information content (AvgIpc) is 2.63. The van der Waals surface area contributed by atoms with Crippen molar-refractivity contribution in [1.29, 1.82) is 0 Å². The van der Waals surface area contributed by atoms with E-state index in [1.165, 1.54) is 5.57 Å². The van der Waals surface area contributed by atoms with E-state index in [2.05, 4.69) is 19.9 Å². The lowest BCUT2D eigenvalue weighted by molar-refractivity contribution is -0.325. The van der Waals surface area contributed by atoms with Gasteiger partial charge in [-0.1, -0.05) is 24.6 Å². The monoisotopic (exact) mass is 366 g/mol. The Bertz CT molecular complexity index is 571. The van der Waals surface area contributed by atoms with Crippen LogP contribution >= 0.6 is 0 Å². The molecule has 1 saturated heterocycles. The molecule has 1 aliphatic heterocycles. The molecule has 0 amide bonds. The molecule has 1 saturated carbocycles. The molecule has 26 heavy (non-hydrogen) atoms. The van der Waals surface area contributed by atoms with Crippen LogP contribution in [-0.4, -0.2) is 54.6 Å². The van der Waals surface area contributed by atoms with Crippen LogP contribution in [0.15, 0.2) is 23.3 Å². The molecule has 5 heteroatoms. The Morgan fingerprint density at radius 3 is 2.85 bits per heavy atom. The van der Waals surface area contributed by atoms with Gasteiger partial charge in [-0.05, 0) is 56.4 Å². The van der Waals surface area contributed by atoms with E-state index in [1.54, 1.807) is 13.2 Å². The summed E-state index contributed by atoms with van der Waals surface area (Å²) in [6.07, 6.45) is 7.49. The molecule has 3 rings (SSSR count). The molecule has 5 nitrogen and oxygen atoms in total. The van der Waals surface area contributed by atoms with E-state index in [1.807, 2.05) is 0 Å². The average molecular weight is 366 g/mol. The van der Waals surface area contributed by atoms with Crippen molar-refractivity contribution in [3.63, 3.8) is 0 Å². The Morgan fingerprint density at radius 2 is 2.19 bits per heavy atom. The van der Waals surface area contributed by atoms with Crippen LogP contribution < -0.4 is 0 Å². The zero-order valence-corrected chi connectivity index (χ0v) is 16.3. The molecule has 148 valence electrons. The van der Waals surface area contributed by atoms with Crippen molar-refractivity contribution in [2.24, 2.45) is 22.7 Å². The van der Waals surface area contributed by atoms with Crippen molar-refractivity contribution < 1.29 is 24.8 Å². The molecule has 2 fully saturated rings. The molecule has 0 aromatic rings. The summed E-state index contributed by atoms with van der Waals surface area (Å²) in [5, 5.41) is 30.0. The predicted molar refractivity (Wildman–Crippen MR) is 99.4 cm³/mol. The summed E-state index contributed by atoms with van der Waals surface area (Å²) < 4.78 is 12.0. The highest BCUT2D eigenvalue weighted by atomic mass is 16.7. The third-order valence-electron chi connectivity index (χ3n) is 7.57. The highest BCUT2D eigenvalue weighted by Gasteiger charge is 2.67. The van der Waals surface area contributed by atoms with Gasteiger partial charge in [0.1, 0.15) is 0 Å². The van der Waals surface area contributed by atoms with E-state index in [4.69, 9.17) is 9.47 Å². The number of methoxy groups -OCH3 is 1. The molecule has 0 radical (unpaired) electrons. The van der Waals surface area contributed by atoms with Gasteiger partial charge in [0.05, 0.1) is 31.3 Å². The van der Waals surface area contributed by atoms with Crippen molar-refractivity contribution in [2.75, 3.05) is 26.9 Å². The first kappa shape index (κ1) is 20.0. The molecule has 0 spiro atoms. The van der Waals surface area contributed by atoms with Gasteiger partial charge in [-0.3, -0.25) is 0 Å². The van der Waals surface area contributed by atoms with E-state index in [0.29, 0.717) is 18.4 Å². The summed E-state index contributed by atoms with van der Waals surface area (Å²) in [5.41, 5.74) is 1.55. The molecule has 0 aromatic heterocycles. The van der Waals surface area contributed by atoms with Crippen LogP contribution in [0, 0.1) is 22.7 Å². The molecule has 6 atom stereocenters. The zero-order valence-electron chi connectivity index (χ0n) is 16.3. The standard InChI is InChI=1S/C21H34O5/c1-14-5-4-6-17-20(9-7-16(12-23)8-10-22)13-26-19(25-3)21(14,17)18(24)11-15(20)2/h5,8,15,17-19,22-24H,4,6-7,9-13H2,1-3H3/b16-8-/t15-,17?,18+,19-,20+,21+/m1/s1. The predicted octanol–water partition coefficient (Wildman–Crippen LogP) is 2.41. The van der Waals surface area contributed by atoms with Gasteiger partial charge in [-0.2, -0.15) is 0 Å². The fraction of sp³-hybridized carbons (Fsp3) is 0.810. The number of aliphatic hydroxyl groups excluding tert-OH is 3. The SMILES string of the molecule is CO[C@@H]1OC[C@]2(CC/C(=C/CO)CO)C3CCC=C(C)[C@@]31[C@@H](O)C[C@H]2C. The maximum absolute atomic E-state index is 11.2. The third kappa shape index (κ3) is 2.80. The van der Waals surface area contributed by atoms with Gasteiger partial charge in [-0.15, -0.1) is 0 Å². The molecular formula is C21H34O5. The van der Waals surface area contributed by atoms with E-state index in [-0.39, 0.29) is 18.6 Å². The van der Waals surface area contributed by atoms with Crippen molar-refractivity contribution in [3.8, 4) is 0 Å². The molecule has 3 N–H and O–H groups in total. The van der Waals surface area contributed by atoms with Crippen LogP contribution in [-0.2, 0) is 9.47 Å². The highest BCUT2D eigenvalue weighted by Crippen LogP contribution is 2.66. The van der Waals surface area contributed by atoms with Gasteiger partial charge in [0.25, 0.3) is 0 Å². The number of rotatable bonds is 6. The van der Waals surface area contributed by atoms with Crippen LogP contribution in [0.2, 0.25) is 0 Å². The number of allylic oxidation sites excluding steroid dienone is 1. The van der Waals surface area contributed by atoms with Crippen molar-refractivity contribution in [2.45, 2.75) is 58.3 Å². The third-order valence-corrected chi connectivity index (χ3v) is 7.57. The summed E-state index contributed by atoms with van der Waals surface area (Å²) >= 11 is 0. The maximum atomic E-state index is 11.2. The molecule has 0 aromatic carbocycles. The molecule has 2 aliphatic carbocycles. The second kappa shape index (κ2) is 7.72. The van der Waals surface area contributed by atoms with Gasteiger partial charge in [0.2, 0.25) is 0 Å².